The Morgan fingerprint density at radius 1 is 1.21 bits per heavy atom. The number of benzene rings is 2. The highest BCUT2D eigenvalue weighted by molar-refractivity contribution is 7.80. The second kappa shape index (κ2) is 9.34. The topological polar surface area (TPSA) is 100 Å². The van der Waals surface area contributed by atoms with Crippen molar-refractivity contribution in [3.8, 4) is 11.8 Å². The molecule has 1 heterocycles. The fraction of sp³-hybridized carbons (Fsp3) is 0.364. The number of halogens is 4. The second-order valence-corrected chi connectivity index (χ2v) is 8.48. The van der Waals surface area contributed by atoms with Crippen LogP contribution in [-0.2, 0) is 6.18 Å². The molecule has 12 heteroatoms. The molecular formula is C22H21F4N3O4S. The predicted octanol–water partition coefficient (Wildman–Crippen LogP) is 3.16. The summed E-state index contributed by atoms with van der Waals surface area (Å²) in [6.07, 6.45) is -7.40. The lowest BCUT2D eigenvalue weighted by Gasteiger charge is -2.33. The fourth-order valence-electron chi connectivity index (χ4n) is 3.58. The van der Waals surface area contributed by atoms with E-state index in [1.165, 1.54) is 29.2 Å². The highest BCUT2D eigenvalue weighted by Crippen LogP contribution is 2.42. The normalized spacial score (nSPS) is 18.7. The Morgan fingerprint density at radius 2 is 1.85 bits per heavy atom. The van der Waals surface area contributed by atoms with Gasteiger partial charge in [-0.2, -0.15) is 18.4 Å². The summed E-state index contributed by atoms with van der Waals surface area (Å²) in [6, 6.07) is 8.25. The van der Waals surface area contributed by atoms with Crippen LogP contribution in [0, 0.1) is 17.1 Å². The van der Waals surface area contributed by atoms with Crippen molar-refractivity contribution in [3.63, 3.8) is 0 Å². The van der Waals surface area contributed by atoms with E-state index in [-0.39, 0.29) is 28.8 Å². The average molecular weight is 499 g/mol. The summed E-state index contributed by atoms with van der Waals surface area (Å²) >= 11 is 5.46. The van der Waals surface area contributed by atoms with Gasteiger partial charge in [0, 0.05) is 17.4 Å². The van der Waals surface area contributed by atoms with Gasteiger partial charge in [0.2, 0.25) is 0 Å². The van der Waals surface area contributed by atoms with Crippen LogP contribution < -0.4 is 14.5 Å². The number of hydrogen-bond donors (Lipinski definition) is 3. The Bertz CT molecular complexity index is 1140. The molecule has 7 nitrogen and oxygen atoms in total. The SMILES string of the molecule is CC1(C)C(O)N(c2ccc(C#N)c(C(F)(F)F)c2)C(=S)N1c1ccc(OC[C@@H](O)CO)c(F)c1. The summed E-state index contributed by atoms with van der Waals surface area (Å²) in [5.41, 5.74) is -2.82. The van der Waals surface area contributed by atoms with Gasteiger partial charge in [-0.25, -0.2) is 4.39 Å². The number of aliphatic hydroxyl groups is 3. The molecule has 2 aromatic rings. The Morgan fingerprint density at radius 3 is 2.41 bits per heavy atom. The molecule has 1 saturated heterocycles. The summed E-state index contributed by atoms with van der Waals surface area (Å²) in [5.74, 6) is -1.01. The van der Waals surface area contributed by atoms with Crippen LogP contribution in [0.3, 0.4) is 0 Å². The van der Waals surface area contributed by atoms with Crippen molar-refractivity contribution in [1.82, 2.24) is 0 Å². The van der Waals surface area contributed by atoms with E-state index >= 15 is 0 Å². The minimum Gasteiger partial charge on any atom is -0.488 e. The van der Waals surface area contributed by atoms with Crippen LogP contribution in [0.5, 0.6) is 5.75 Å². The van der Waals surface area contributed by atoms with E-state index in [0.717, 1.165) is 23.1 Å². The molecule has 2 aromatic carbocycles. The van der Waals surface area contributed by atoms with Crippen LogP contribution in [0.1, 0.15) is 25.0 Å². The minimum absolute atomic E-state index is 0.0842. The lowest BCUT2D eigenvalue weighted by Crippen LogP contribution is -2.47. The molecule has 0 saturated carbocycles. The molecule has 0 aliphatic carbocycles. The van der Waals surface area contributed by atoms with E-state index in [4.69, 9.17) is 27.3 Å². The first kappa shape index (κ1) is 25.6. The zero-order valence-corrected chi connectivity index (χ0v) is 18.9. The Hall–Kier alpha value is -2.98. The third kappa shape index (κ3) is 4.65. The quantitative estimate of drug-likeness (QED) is 0.412. The van der Waals surface area contributed by atoms with Crippen molar-refractivity contribution in [1.29, 1.82) is 5.26 Å². The summed E-state index contributed by atoms with van der Waals surface area (Å²) in [7, 11) is 0. The average Bonchev–Trinajstić information content (AvgIpc) is 2.95. The minimum atomic E-state index is -4.80. The van der Waals surface area contributed by atoms with Gasteiger partial charge < -0.3 is 25.0 Å². The maximum absolute atomic E-state index is 14.7. The van der Waals surface area contributed by atoms with Crippen LogP contribution in [0.25, 0.3) is 0 Å². The van der Waals surface area contributed by atoms with Gasteiger partial charge in [0.05, 0.1) is 29.3 Å². The summed E-state index contributed by atoms with van der Waals surface area (Å²) < 4.78 is 60.1. The molecule has 1 fully saturated rings. The van der Waals surface area contributed by atoms with Gasteiger partial charge in [0.1, 0.15) is 12.7 Å². The Kier molecular flexibility index (Phi) is 7.05. The number of alkyl halides is 3. The first-order chi connectivity index (χ1) is 15.8. The molecule has 3 rings (SSSR count). The second-order valence-electron chi connectivity index (χ2n) is 8.12. The van der Waals surface area contributed by atoms with Crippen LogP contribution in [0.2, 0.25) is 0 Å². The van der Waals surface area contributed by atoms with Gasteiger partial charge in [0.15, 0.2) is 22.9 Å². The van der Waals surface area contributed by atoms with E-state index in [1.54, 1.807) is 13.8 Å². The molecule has 182 valence electrons. The predicted molar refractivity (Wildman–Crippen MR) is 119 cm³/mol. The molecule has 1 aliphatic rings. The van der Waals surface area contributed by atoms with Crippen LogP contribution in [0.4, 0.5) is 28.9 Å². The van der Waals surface area contributed by atoms with E-state index in [9.17, 15) is 27.8 Å². The number of rotatable bonds is 6. The van der Waals surface area contributed by atoms with Crippen LogP contribution in [-0.4, -0.2) is 51.5 Å². The zero-order valence-electron chi connectivity index (χ0n) is 18.0. The highest BCUT2D eigenvalue weighted by Gasteiger charge is 2.50. The summed E-state index contributed by atoms with van der Waals surface area (Å²) in [5, 5.41) is 38.1. The van der Waals surface area contributed by atoms with Gasteiger partial charge in [-0.05, 0) is 56.4 Å². The van der Waals surface area contributed by atoms with Gasteiger partial charge in [-0.3, -0.25) is 4.90 Å². The van der Waals surface area contributed by atoms with Crippen molar-refractivity contribution in [2.45, 2.75) is 37.9 Å². The van der Waals surface area contributed by atoms with Crippen LogP contribution in [0.15, 0.2) is 36.4 Å². The number of nitrogens with zero attached hydrogens (tertiary/aromatic N) is 3. The molecular weight excluding hydrogens is 478 g/mol. The van der Waals surface area contributed by atoms with Crippen molar-refractivity contribution in [3.05, 3.63) is 53.3 Å². The Labute approximate surface area is 198 Å². The fourth-order valence-corrected chi connectivity index (χ4v) is 4.13. The lowest BCUT2D eigenvalue weighted by atomic mass is 10.0. The van der Waals surface area contributed by atoms with Crippen molar-refractivity contribution < 1.29 is 37.6 Å². The molecule has 0 amide bonds. The van der Waals surface area contributed by atoms with Gasteiger partial charge in [-0.15, -0.1) is 0 Å². The van der Waals surface area contributed by atoms with E-state index < -0.39 is 47.6 Å². The Balaban J connectivity index is 1.98. The highest BCUT2D eigenvalue weighted by atomic mass is 32.1. The summed E-state index contributed by atoms with van der Waals surface area (Å²) in [4.78, 5) is 2.50. The summed E-state index contributed by atoms with van der Waals surface area (Å²) in [6.45, 7) is 2.26. The number of thiocarbonyl (C=S) groups is 1. The number of anilines is 2. The zero-order chi connectivity index (χ0) is 25.4. The van der Waals surface area contributed by atoms with E-state index in [1.807, 2.05) is 0 Å². The molecule has 34 heavy (non-hydrogen) atoms. The standard InChI is InChI=1S/C22H21F4N3O4S/c1-21(2)19(32)28(13-4-3-12(9-27)16(7-13)22(24,25)26)20(34)29(21)14-5-6-18(17(23)8-14)33-11-15(31)10-30/h3-8,15,19,30-32H,10-11H2,1-2H3/t15-,19?/m0/s1. The van der Waals surface area contributed by atoms with E-state index in [2.05, 4.69) is 0 Å². The molecule has 0 spiro atoms. The van der Waals surface area contributed by atoms with Gasteiger partial charge in [-0.1, -0.05) is 0 Å². The van der Waals surface area contributed by atoms with Gasteiger partial charge >= 0.3 is 6.18 Å². The van der Waals surface area contributed by atoms with Crippen molar-refractivity contribution in [2.75, 3.05) is 23.0 Å². The third-order valence-corrected chi connectivity index (χ3v) is 5.75. The van der Waals surface area contributed by atoms with E-state index in [0.29, 0.717) is 0 Å². The van der Waals surface area contributed by atoms with Gasteiger partial charge in [0.25, 0.3) is 0 Å². The molecule has 1 unspecified atom stereocenters. The molecule has 3 N–H and O–H groups in total. The maximum Gasteiger partial charge on any atom is 0.417 e. The molecule has 0 aromatic heterocycles. The largest absolute Gasteiger partial charge is 0.488 e. The molecule has 1 aliphatic heterocycles. The first-order valence-corrected chi connectivity index (χ1v) is 10.4. The monoisotopic (exact) mass is 499 g/mol. The number of nitriles is 1. The smallest absolute Gasteiger partial charge is 0.417 e. The molecule has 0 bridgehead atoms. The number of aliphatic hydroxyl groups excluding tert-OH is 3. The first-order valence-electron chi connectivity index (χ1n) is 9.97. The molecule has 2 atom stereocenters. The lowest BCUT2D eigenvalue weighted by molar-refractivity contribution is -0.137. The molecule has 0 radical (unpaired) electrons. The maximum atomic E-state index is 14.7. The van der Waals surface area contributed by atoms with Crippen molar-refractivity contribution >= 4 is 28.7 Å². The third-order valence-electron chi connectivity index (χ3n) is 5.37. The number of hydrogen-bond acceptors (Lipinski definition) is 6. The van der Waals surface area contributed by atoms with Crippen LogP contribution >= 0.6 is 12.2 Å². The number of ether oxygens (including phenoxy) is 1. The van der Waals surface area contributed by atoms with Crippen molar-refractivity contribution in [2.24, 2.45) is 0 Å².